The molecule has 3 rings (SSSR count). The summed E-state index contributed by atoms with van der Waals surface area (Å²) in [5, 5.41) is 8.18. The van der Waals surface area contributed by atoms with Gasteiger partial charge in [0.2, 0.25) is 18.2 Å². The number of nitrogens with one attached hydrogen (secondary N) is 3. The Hall–Kier alpha value is -2.00. The molecule has 2 unspecified atom stereocenters. The normalized spacial score (nSPS) is 21.4. The molecule has 2 saturated heterocycles. The van der Waals surface area contributed by atoms with Gasteiger partial charge in [-0.05, 0) is 92.2 Å². The van der Waals surface area contributed by atoms with Crippen LogP contribution in [0.1, 0.15) is 114 Å². The van der Waals surface area contributed by atoms with E-state index >= 15 is 0 Å². The van der Waals surface area contributed by atoms with Crippen molar-refractivity contribution in [3.05, 3.63) is 0 Å². The van der Waals surface area contributed by atoms with Gasteiger partial charge in [-0.3, -0.25) is 19.3 Å². The second-order valence-electron chi connectivity index (χ2n) is 12.1. The molecule has 0 aromatic rings. The lowest BCUT2D eigenvalue weighted by Gasteiger charge is -2.36. The van der Waals surface area contributed by atoms with Crippen LogP contribution in [0.4, 0.5) is 0 Å². The molecular formula is C31H62N4O5. The van der Waals surface area contributed by atoms with Crippen molar-refractivity contribution in [3.8, 4) is 0 Å². The molecule has 0 aromatic carbocycles. The number of likely N-dealkylation sites (N-methyl/N-ethyl adjacent to an activating group) is 1. The van der Waals surface area contributed by atoms with Crippen molar-refractivity contribution in [2.45, 2.75) is 137 Å². The predicted octanol–water partition coefficient (Wildman–Crippen LogP) is 4.48. The summed E-state index contributed by atoms with van der Waals surface area (Å²) >= 11 is 0. The molecule has 1 spiro atoms. The number of aldehydes is 1. The molecule has 3 N–H and O–H groups in total. The van der Waals surface area contributed by atoms with E-state index in [1.165, 1.54) is 19.3 Å². The largest absolute Gasteiger partial charge is 0.379 e. The Kier molecular flexibility index (Phi) is 21.8. The fourth-order valence-electron chi connectivity index (χ4n) is 3.96. The van der Waals surface area contributed by atoms with Crippen molar-refractivity contribution >= 4 is 24.5 Å². The monoisotopic (exact) mass is 570 g/mol. The van der Waals surface area contributed by atoms with Crippen LogP contribution in [0.2, 0.25) is 0 Å². The Morgan fingerprint density at radius 1 is 1.20 bits per heavy atom. The van der Waals surface area contributed by atoms with Crippen molar-refractivity contribution in [1.82, 2.24) is 20.9 Å². The molecule has 3 amide bonds. The van der Waals surface area contributed by atoms with E-state index in [0.29, 0.717) is 11.8 Å². The smallest absolute Gasteiger partial charge is 0.237 e. The maximum Gasteiger partial charge on any atom is 0.237 e. The molecule has 0 radical (unpaired) electrons. The van der Waals surface area contributed by atoms with Crippen molar-refractivity contribution in [2.75, 3.05) is 27.2 Å². The van der Waals surface area contributed by atoms with Crippen LogP contribution in [-0.2, 0) is 23.9 Å². The topological polar surface area (TPSA) is 117 Å². The van der Waals surface area contributed by atoms with Crippen LogP contribution in [0.5, 0.6) is 0 Å². The van der Waals surface area contributed by atoms with Gasteiger partial charge in [0.25, 0.3) is 0 Å². The van der Waals surface area contributed by atoms with Gasteiger partial charge < -0.3 is 25.5 Å². The van der Waals surface area contributed by atoms with E-state index in [1.54, 1.807) is 7.11 Å². The molecular weight excluding hydrogens is 508 g/mol. The number of amides is 3. The number of unbranched alkanes of at least 4 members (excludes halogenated alkanes) is 1. The number of hydrogen-bond acceptors (Lipinski definition) is 6. The van der Waals surface area contributed by atoms with Crippen LogP contribution in [0, 0.1) is 11.3 Å². The lowest BCUT2D eigenvalue weighted by atomic mass is 9.88. The third-order valence-corrected chi connectivity index (χ3v) is 7.10. The van der Waals surface area contributed by atoms with Gasteiger partial charge in [-0.2, -0.15) is 0 Å². The third kappa shape index (κ3) is 19.1. The van der Waals surface area contributed by atoms with Crippen LogP contribution in [0.3, 0.4) is 0 Å². The molecule has 2 heterocycles. The molecule has 1 saturated carbocycles. The van der Waals surface area contributed by atoms with Gasteiger partial charge in [0.15, 0.2) is 0 Å². The first-order valence-electron chi connectivity index (χ1n) is 15.2. The number of piperidine rings is 1. The van der Waals surface area contributed by atoms with Gasteiger partial charge in [0.1, 0.15) is 6.29 Å². The average Bonchev–Trinajstić information content (AvgIpc) is 3.57. The van der Waals surface area contributed by atoms with Gasteiger partial charge >= 0.3 is 0 Å². The number of carbonyl (C=O) groups is 4. The molecule has 0 aromatic heterocycles. The second kappa shape index (κ2) is 21.7. The third-order valence-electron chi connectivity index (χ3n) is 7.10. The van der Waals surface area contributed by atoms with E-state index < -0.39 is 0 Å². The first kappa shape index (κ1) is 40.1. The first-order valence-corrected chi connectivity index (χ1v) is 15.2. The number of rotatable bonds is 8. The number of likely N-dealkylation sites (tertiary alicyclic amines) is 1. The molecule has 3 atom stereocenters. The summed E-state index contributed by atoms with van der Waals surface area (Å²) < 4.78 is 4.94. The van der Waals surface area contributed by atoms with E-state index in [4.69, 9.17) is 4.74 Å². The summed E-state index contributed by atoms with van der Waals surface area (Å²) in [5.41, 5.74) is 0.589. The number of carbonyl (C=O) groups excluding carboxylic acids is 4. The van der Waals surface area contributed by atoms with Crippen molar-refractivity contribution < 1.29 is 23.9 Å². The highest BCUT2D eigenvalue weighted by Crippen LogP contribution is 2.54. The SMILES string of the molecule is CC.CC(C)NC(=O)C1CC2(CCN1C)CC2.CC1CCNC1=O.CCCC[C@@H](C=O)NC=O.COC(C)(C)C. The highest BCUT2D eigenvalue weighted by molar-refractivity contribution is 5.82. The van der Waals surface area contributed by atoms with Crippen molar-refractivity contribution in [3.63, 3.8) is 0 Å². The standard InChI is InChI=1S/C12H22N2O.C7H13NO2.C5H9NO.C5H12O.C2H6/c1-9(2)13-11(15)10-8-12(4-5-12)6-7-14(10)3;1-2-3-4-7(5-9)8-6-10;1-4-2-3-6-5(4)7;1-5(2,3)6-4;1-2/h9-10H,4-8H2,1-3H3,(H,13,15);5-7H,2-4H2,1H3,(H,8,10);4H,2-3H2,1H3,(H,6,7);1-4H3;1-2H3/t;7-;;;/m.0.../s1. The summed E-state index contributed by atoms with van der Waals surface area (Å²) in [4.78, 5) is 44.7. The quantitative estimate of drug-likeness (QED) is 0.371. The number of ether oxygens (including phenoxy) is 1. The minimum absolute atomic E-state index is 0.0417. The summed E-state index contributed by atoms with van der Waals surface area (Å²) in [6, 6.07) is 0.0871. The van der Waals surface area contributed by atoms with Crippen LogP contribution in [0.25, 0.3) is 0 Å². The highest BCUT2D eigenvalue weighted by atomic mass is 16.5. The Bertz CT molecular complexity index is 704. The average molecular weight is 571 g/mol. The summed E-state index contributed by atoms with van der Waals surface area (Å²) in [6.45, 7) is 20.1. The molecule has 40 heavy (non-hydrogen) atoms. The lowest BCUT2D eigenvalue weighted by molar-refractivity contribution is -0.128. The molecule has 236 valence electrons. The minimum atomic E-state index is -0.280. The van der Waals surface area contributed by atoms with Crippen LogP contribution in [0.15, 0.2) is 0 Å². The number of hydrogen-bond donors (Lipinski definition) is 3. The molecule has 3 fully saturated rings. The van der Waals surface area contributed by atoms with Crippen LogP contribution < -0.4 is 16.0 Å². The van der Waals surface area contributed by atoms with E-state index in [0.717, 1.165) is 51.5 Å². The molecule has 0 bridgehead atoms. The highest BCUT2D eigenvalue weighted by Gasteiger charge is 2.48. The van der Waals surface area contributed by atoms with Gasteiger partial charge in [-0.15, -0.1) is 0 Å². The Morgan fingerprint density at radius 3 is 2.10 bits per heavy atom. The van der Waals surface area contributed by atoms with Crippen molar-refractivity contribution in [1.29, 1.82) is 0 Å². The van der Waals surface area contributed by atoms with E-state index in [-0.39, 0.29) is 41.5 Å². The van der Waals surface area contributed by atoms with Crippen LogP contribution in [-0.4, -0.2) is 80.4 Å². The van der Waals surface area contributed by atoms with Gasteiger partial charge in [0.05, 0.1) is 17.7 Å². The molecule has 9 heteroatoms. The Morgan fingerprint density at radius 2 is 1.77 bits per heavy atom. The lowest BCUT2D eigenvalue weighted by Crippen LogP contribution is -2.51. The van der Waals surface area contributed by atoms with E-state index in [1.807, 2.05) is 62.3 Å². The Labute approximate surface area is 245 Å². The molecule has 2 aliphatic heterocycles. The zero-order valence-corrected chi connectivity index (χ0v) is 27.5. The first-order chi connectivity index (χ1) is 18.7. The van der Waals surface area contributed by atoms with Crippen molar-refractivity contribution in [2.24, 2.45) is 11.3 Å². The van der Waals surface area contributed by atoms with Gasteiger partial charge in [0, 0.05) is 25.6 Å². The number of methoxy groups -OCH3 is 1. The summed E-state index contributed by atoms with van der Waals surface area (Å²) in [6.07, 6.45) is 10.2. The van der Waals surface area contributed by atoms with Crippen LogP contribution >= 0.6 is 0 Å². The second-order valence-corrected chi connectivity index (χ2v) is 12.1. The van der Waals surface area contributed by atoms with E-state index in [2.05, 4.69) is 27.9 Å². The molecule has 1 aliphatic carbocycles. The summed E-state index contributed by atoms with van der Waals surface area (Å²) in [5.74, 6) is 0.693. The molecule has 9 nitrogen and oxygen atoms in total. The predicted molar refractivity (Wildman–Crippen MR) is 164 cm³/mol. The molecule has 3 aliphatic rings. The maximum absolute atomic E-state index is 12.0. The minimum Gasteiger partial charge on any atom is -0.379 e. The summed E-state index contributed by atoms with van der Waals surface area (Å²) in [7, 11) is 3.78. The zero-order chi connectivity index (χ0) is 31.4. The maximum atomic E-state index is 12.0. The van der Waals surface area contributed by atoms with Gasteiger partial charge in [-0.25, -0.2) is 0 Å². The van der Waals surface area contributed by atoms with E-state index in [9.17, 15) is 19.2 Å². The fraction of sp³-hybridized carbons (Fsp3) is 0.871. The Balaban J connectivity index is 0. The zero-order valence-electron chi connectivity index (χ0n) is 27.5. The number of nitrogens with zero attached hydrogens (tertiary/aromatic N) is 1. The fourth-order valence-corrected chi connectivity index (χ4v) is 3.96. The van der Waals surface area contributed by atoms with Gasteiger partial charge in [-0.1, -0.05) is 40.5 Å².